The molecule has 23 heavy (non-hydrogen) atoms. The molecular weight excluding hydrogens is 314 g/mol. The Balaban J connectivity index is 1.70. The van der Waals surface area contributed by atoms with E-state index in [9.17, 15) is 4.79 Å². The third kappa shape index (κ3) is 3.79. The summed E-state index contributed by atoms with van der Waals surface area (Å²) in [6, 6.07) is 14.3. The van der Waals surface area contributed by atoms with E-state index in [0.717, 1.165) is 5.56 Å². The molecule has 4 nitrogen and oxygen atoms in total. The molecule has 0 radical (unpaired) electrons. The Labute approximate surface area is 138 Å². The lowest BCUT2D eigenvalue weighted by molar-refractivity contribution is 0.101. The number of benzene rings is 2. The number of Topliss-reactive ketones (excluding diaryl/α,β-unsaturated/α-hetero) is 1. The summed E-state index contributed by atoms with van der Waals surface area (Å²) in [7, 11) is 0. The summed E-state index contributed by atoms with van der Waals surface area (Å²) >= 11 is 5.96. The van der Waals surface area contributed by atoms with E-state index in [0.29, 0.717) is 27.9 Å². The highest BCUT2D eigenvalue weighted by molar-refractivity contribution is 6.30. The Morgan fingerprint density at radius 3 is 2.83 bits per heavy atom. The van der Waals surface area contributed by atoms with Crippen LogP contribution in [-0.4, -0.2) is 10.8 Å². The van der Waals surface area contributed by atoms with Gasteiger partial charge in [0.1, 0.15) is 24.3 Å². The molecule has 0 saturated heterocycles. The second-order valence-electron chi connectivity index (χ2n) is 5.03. The number of ketones is 1. The molecule has 3 rings (SSSR count). The number of oxazole rings is 1. The van der Waals surface area contributed by atoms with Crippen LogP contribution in [0.2, 0.25) is 5.02 Å². The minimum Gasteiger partial charge on any atom is -0.487 e. The molecule has 0 unspecified atom stereocenters. The predicted octanol–water partition coefficient (Wildman–Crippen LogP) is 4.78. The Kier molecular flexibility index (Phi) is 4.44. The summed E-state index contributed by atoms with van der Waals surface area (Å²) in [5.41, 5.74) is 2.08. The summed E-state index contributed by atoms with van der Waals surface area (Å²) in [6.07, 6.45) is 1.55. The minimum atomic E-state index is 0.000119. The van der Waals surface area contributed by atoms with Gasteiger partial charge in [-0.15, -0.1) is 0 Å². The first-order chi connectivity index (χ1) is 11.1. The molecule has 116 valence electrons. The predicted molar refractivity (Wildman–Crippen MR) is 87.7 cm³/mol. The minimum absolute atomic E-state index is 0.000119. The van der Waals surface area contributed by atoms with Gasteiger partial charge in [0, 0.05) is 16.1 Å². The third-order valence-corrected chi connectivity index (χ3v) is 3.49. The largest absolute Gasteiger partial charge is 0.487 e. The highest BCUT2D eigenvalue weighted by Crippen LogP contribution is 2.22. The number of rotatable bonds is 5. The van der Waals surface area contributed by atoms with Gasteiger partial charge in [0.15, 0.2) is 5.78 Å². The zero-order chi connectivity index (χ0) is 16.2. The maximum Gasteiger partial charge on any atom is 0.226 e. The number of aromatic nitrogens is 1. The molecule has 3 aromatic rings. The standard InChI is InChI=1S/C18H14ClNO3/c1-12(21)13-4-3-7-17(9-13)22-10-16-11-23-18(20-16)14-5-2-6-15(19)8-14/h2-9,11H,10H2,1H3. The molecule has 0 bridgehead atoms. The zero-order valence-corrected chi connectivity index (χ0v) is 13.2. The number of hydrogen-bond acceptors (Lipinski definition) is 4. The Hall–Kier alpha value is -2.59. The van der Waals surface area contributed by atoms with Crippen LogP contribution < -0.4 is 4.74 Å². The average molecular weight is 328 g/mol. The average Bonchev–Trinajstić information content (AvgIpc) is 3.02. The first-order valence-corrected chi connectivity index (χ1v) is 7.44. The monoisotopic (exact) mass is 327 g/mol. The molecule has 0 amide bonds. The van der Waals surface area contributed by atoms with Gasteiger partial charge in [-0.3, -0.25) is 4.79 Å². The molecule has 0 N–H and O–H groups in total. The van der Waals surface area contributed by atoms with Crippen LogP contribution in [0, 0.1) is 0 Å². The molecule has 0 fully saturated rings. The van der Waals surface area contributed by atoms with Gasteiger partial charge < -0.3 is 9.15 Å². The Morgan fingerprint density at radius 1 is 1.22 bits per heavy atom. The molecule has 0 spiro atoms. The van der Waals surface area contributed by atoms with Crippen molar-refractivity contribution in [2.24, 2.45) is 0 Å². The van der Waals surface area contributed by atoms with Crippen molar-refractivity contribution in [1.82, 2.24) is 4.98 Å². The SMILES string of the molecule is CC(=O)c1cccc(OCc2coc(-c3cccc(Cl)c3)n2)c1. The first kappa shape index (κ1) is 15.3. The number of carbonyl (C=O) groups is 1. The zero-order valence-electron chi connectivity index (χ0n) is 12.5. The number of hydrogen-bond donors (Lipinski definition) is 0. The van der Waals surface area contributed by atoms with Gasteiger partial charge >= 0.3 is 0 Å². The number of ether oxygens (including phenoxy) is 1. The lowest BCUT2D eigenvalue weighted by atomic mass is 10.1. The number of halogens is 1. The molecule has 1 aromatic heterocycles. The summed E-state index contributed by atoms with van der Waals surface area (Å²) < 4.78 is 11.1. The molecular formula is C18H14ClNO3. The van der Waals surface area contributed by atoms with Crippen molar-refractivity contribution in [3.8, 4) is 17.2 Å². The molecule has 0 aliphatic rings. The van der Waals surface area contributed by atoms with E-state index in [1.807, 2.05) is 12.1 Å². The van der Waals surface area contributed by atoms with E-state index in [2.05, 4.69) is 4.98 Å². The van der Waals surface area contributed by atoms with E-state index < -0.39 is 0 Å². The van der Waals surface area contributed by atoms with Crippen molar-refractivity contribution in [2.45, 2.75) is 13.5 Å². The molecule has 1 heterocycles. The van der Waals surface area contributed by atoms with Crippen molar-refractivity contribution >= 4 is 17.4 Å². The Morgan fingerprint density at radius 2 is 2.04 bits per heavy atom. The fourth-order valence-electron chi connectivity index (χ4n) is 2.09. The quantitative estimate of drug-likeness (QED) is 0.633. The maximum absolute atomic E-state index is 11.4. The number of carbonyl (C=O) groups excluding carboxylic acids is 1. The molecule has 0 aliphatic heterocycles. The number of nitrogens with zero attached hydrogens (tertiary/aromatic N) is 1. The van der Waals surface area contributed by atoms with Crippen molar-refractivity contribution in [1.29, 1.82) is 0 Å². The van der Waals surface area contributed by atoms with Crippen LogP contribution in [0.15, 0.2) is 59.2 Å². The second kappa shape index (κ2) is 6.67. The Bertz CT molecular complexity index is 842. The van der Waals surface area contributed by atoms with E-state index >= 15 is 0 Å². The van der Waals surface area contributed by atoms with Crippen LogP contribution >= 0.6 is 11.6 Å². The highest BCUT2D eigenvalue weighted by Gasteiger charge is 2.08. The van der Waals surface area contributed by atoms with Crippen molar-refractivity contribution in [2.75, 3.05) is 0 Å². The van der Waals surface area contributed by atoms with Gasteiger partial charge in [-0.05, 0) is 37.3 Å². The van der Waals surface area contributed by atoms with E-state index in [-0.39, 0.29) is 12.4 Å². The van der Waals surface area contributed by atoms with Crippen molar-refractivity contribution in [3.05, 3.63) is 71.1 Å². The summed E-state index contributed by atoms with van der Waals surface area (Å²) in [6.45, 7) is 1.78. The van der Waals surface area contributed by atoms with E-state index in [1.165, 1.54) is 6.92 Å². The van der Waals surface area contributed by atoms with Crippen molar-refractivity contribution in [3.63, 3.8) is 0 Å². The lowest BCUT2D eigenvalue weighted by Gasteiger charge is -2.04. The van der Waals surface area contributed by atoms with Crippen LogP contribution in [0.4, 0.5) is 0 Å². The van der Waals surface area contributed by atoms with Gasteiger partial charge in [-0.25, -0.2) is 4.98 Å². The van der Waals surface area contributed by atoms with Gasteiger partial charge in [-0.2, -0.15) is 0 Å². The second-order valence-corrected chi connectivity index (χ2v) is 5.46. The summed E-state index contributed by atoms with van der Waals surface area (Å²) in [4.78, 5) is 15.7. The summed E-state index contributed by atoms with van der Waals surface area (Å²) in [5.74, 6) is 1.11. The molecule has 0 atom stereocenters. The smallest absolute Gasteiger partial charge is 0.226 e. The highest BCUT2D eigenvalue weighted by atomic mass is 35.5. The van der Waals surface area contributed by atoms with Crippen LogP contribution in [0.5, 0.6) is 5.75 Å². The van der Waals surface area contributed by atoms with Gasteiger partial charge in [0.2, 0.25) is 5.89 Å². The van der Waals surface area contributed by atoms with Crippen LogP contribution in [0.3, 0.4) is 0 Å². The molecule has 0 aliphatic carbocycles. The van der Waals surface area contributed by atoms with Crippen LogP contribution in [0.25, 0.3) is 11.5 Å². The van der Waals surface area contributed by atoms with E-state index in [1.54, 1.807) is 42.7 Å². The maximum atomic E-state index is 11.4. The normalized spacial score (nSPS) is 10.5. The van der Waals surface area contributed by atoms with Crippen molar-refractivity contribution < 1.29 is 13.9 Å². The van der Waals surface area contributed by atoms with Gasteiger partial charge in [-0.1, -0.05) is 29.8 Å². The van der Waals surface area contributed by atoms with Gasteiger partial charge in [0.05, 0.1) is 0 Å². The topological polar surface area (TPSA) is 52.3 Å². The fourth-order valence-corrected chi connectivity index (χ4v) is 2.28. The molecule has 0 saturated carbocycles. The van der Waals surface area contributed by atoms with Gasteiger partial charge in [0.25, 0.3) is 0 Å². The van der Waals surface area contributed by atoms with Crippen LogP contribution in [-0.2, 0) is 6.61 Å². The fraction of sp³-hybridized carbons (Fsp3) is 0.111. The third-order valence-electron chi connectivity index (χ3n) is 3.25. The molecule has 5 heteroatoms. The van der Waals surface area contributed by atoms with E-state index in [4.69, 9.17) is 20.8 Å². The first-order valence-electron chi connectivity index (χ1n) is 7.06. The van der Waals surface area contributed by atoms with Crippen LogP contribution in [0.1, 0.15) is 23.0 Å². The molecule has 2 aromatic carbocycles. The lowest BCUT2D eigenvalue weighted by Crippen LogP contribution is -1.98. The summed E-state index contributed by atoms with van der Waals surface area (Å²) in [5, 5.41) is 0.625.